The molecular formula is C14H9Br2F2I. The van der Waals surface area contributed by atoms with Crippen molar-refractivity contribution in [2.75, 3.05) is 0 Å². The lowest BCUT2D eigenvalue weighted by Gasteiger charge is -2.14. The molecule has 19 heavy (non-hydrogen) atoms. The molecule has 0 N–H and O–H groups in total. The van der Waals surface area contributed by atoms with E-state index in [2.05, 4.69) is 54.5 Å². The van der Waals surface area contributed by atoms with Gasteiger partial charge in [-0.05, 0) is 64.9 Å². The first-order chi connectivity index (χ1) is 8.99. The van der Waals surface area contributed by atoms with E-state index in [-0.39, 0.29) is 16.8 Å². The highest BCUT2D eigenvalue weighted by atomic mass is 127. The minimum atomic E-state index is -0.505. The molecule has 0 aliphatic heterocycles. The first kappa shape index (κ1) is 15.4. The summed E-state index contributed by atoms with van der Waals surface area (Å²) in [5.74, 6) is -1.01. The number of hydrogen-bond acceptors (Lipinski definition) is 0. The third kappa shape index (κ3) is 3.76. The summed E-state index contributed by atoms with van der Waals surface area (Å²) in [5, 5.41) is 0. The van der Waals surface area contributed by atoms with Crippen LogP contribution in [-0.4, -0.2) is 0 Å². The molecular weight excluding hydrogens is 493 g/mol. The Morgan fingerprint density at radius 1 is 1.11 bits per heavy atom. The Kier molecular flexibility index (Phi) is 5.37. The molecule has 0 spiro atoms. The highest BCUT2D eigenvalue weighted by Gasteiger charge is 2.17. The van der Waals surface area contributed by atoms with Gasteiger partial charge in [-0.2, -0.15) is 0 Å². The van der Waals surface area contributed by atoms with Crippen molar-refractivity contribution < 1.29 is 8.78 Å². The van der Waals surface area contributed by atoms with Crippen LogP contribution in [0.1, 0.15) is 16.0 Å². The molecule has 0 fully saturated rings. The van der Waals surface area contributed by atoms with Crippen molar-refractivity contribution in [1.82, 2.24) is 0 Å². The monoisotopic (exact) mass is 500 g/mol. The van der Waals surface area contributed by atoms with Crippen LogP contribution >= 0.6 is 54.5 Å². The van der Waals surface area contributed by atoms with E-state index in [1.807, 2.05) is 18.2 Å². The molecule has 0 radical (unpaired) electrons. The van der Waals surface area contributed by atoms with Gasteiger partial charge in [0.1, 0.15) is 11.6 Å². The van der Waals surface area contributed by atoms with E-state index >= 15 is 0 Å². The lowest BCUT2D eigenvalue weighted by Crippen LogP contribution is -2.02. The van der Waals surface area contributed by atoms with Crippen LogP contribution in [0.5, 0.6) is 0 Å². The van der Waals surface area contributed by atoms with Crippen LogP contribution in [-0.2, 0) is 6.42 Å². The Bertz CT molecular complexity index is 582. The number of hydrogen-bond donors (Lipinski definition) is 0. The van der Waals surface area contributed by atoms with Gasteiger partial charge in [0.15, 0.2) is 0 Å². The molecule has 2 aromatic carbocycles. The largest absolute Gasteiger partial charge is 0.207 e. The maximum atomic E-state index is 13.6. The summed E-state index contributed by atoms with van der Waals surface area (Å²) in [6.07, 6.45) is 0.269. The summed E-state index contributed by atoms with van der Waals surface area (Å²) in [5.41, 5.74) is 1.12. The molecule has 0 aliphatic carbocycles. The Hall–Kier alpha value is -0.0100. The fraction of sp³-hybridized carbons (Fsp3) is 0.143. The summed E-state index contributed by atoms with van der Waals surface area (Å²) in [6.45, 7) is 0. The van der Waals surface area contributed by atoms with Crippen LogP contribution in [0, 0.1) is 15.2 Å². The van der Waals surface area contributed by atoms with Gasteiger partial charge in [-0.1, -0.05) is 37.9 Å². The zero-order chi connectivity index (χ0) is 14.0. The van der Waals surface area contributed by atoms with E-state index in [0.29, 0.717) is 0 Å². The van der Waals surface area contributed by atoms with E-state index in [4.69, 9.17) is 0 Å². The second-order valence-electron chi connectivity index (χ2n) is 4.04. The van der Waals surface area contributed by atoms with Crippen molar-refractivity contribution in [1.29, 1.82) is 0 Å². The number of benzene rings is 2. The van der Waals surface area contributed by atoms with Crippen LogP contribution < -0.4 is 0 Å². The van der Waals surface area contributed by atoms with Crippen molar-refractivity contribution in [3.8, 4) is 0 Å². The fourth-order valence-corrected chi connectivity index (χ4v) is 3.99. The van der Waals surface area contributed by atoms with Crippen molar-refractivity contribution >= 4 is 54.5 Å². The number of halogens is 5. The maximum absolute atomic E-state index is 13.6. The lowest BCUT2D eigenvalue weighted by atomic mass is 10.0. The minimum absolute atomic E-state index is 0.111. The molecule has 0 amide bonds. The molecule has 0 aromatic heterocycles. The van der Waals surface area contributed by atoms with E-state index < -0.39 is 11.6 Å². The third-order valence-corrected chi connectivity index (χ3v) is 5.03. The molecule has 2 rings (SSSR count). The van der Waals surface area contributed by atoms with Gasteiger partial charge in [0.25, 0.3) is 0 Å². The molecule has 100 valence electrons. The van der Waals surface area contributed by atoms with E-state index in [9.17, 15) is 8.78 Å². The zero-order valence-electron chi connectivity index (χ0n) is 9.64. The van der Waals surface area contributed by atoms with Gasteiger partial charge in [-0.25, -0.2) is 8.78 Å². The smallest absolute Gasteiger partial charge is 0.129 e. The highest BCUT2D eigenvalue weighted by molar-refractivity contribution is 14.1. The van der Waals surface area contributed by atoms with Crippen LogP contribution in [0.25, 0.3) is 0 Å². The normalized spacial score (nSPS) is 12.5. The highest BCUT2D eigenvalue weighted by Crippen LogP contribution is 2.33. The molecule has 5 heteroatoms. The van der Waals surface area contributed by atoms with Gasteiger partial charge in [0.05, 0.1) is 0 Å². The Morgan fingerprint density at radius 3 is 2.37 bits per heavy atom. The van der Waals surface area contributed by atoms with Crippen molar-refractivity contribution in [3.05, 3.63) is 67.2 Å². The van der Waals surface area contributed by atoms with Gasteiger partial charge in [-0.3, -0.25) is 0 Å². The molecule has 0 nitrogen and oxygen atoms in total. The minimum Gasteiger partial charge on any atom is -0.207 e. The van der Waals surface area contributed by atoms with Crippen molar-refractivity contribution in [2.24, 2.45) is 0 Å². The second kappa shape index (κ2) is 6.63. The number of alkyl halides is 1. The fourth-order valence-electron chi connectivity index (χ4n) is 1.77. The second-order valence-corrected chi connectivity index (χ2v) is 7.22. The Balaban J connectivity index is 2.31. The standard InChI is InChI=1S/C14H9Br2F2I/c15-8-4-5-14(19)9(6-8)11(16)7-10-12(17)2-1-3-13(10)18/h1-6,11H,7H2. The Morgan fingerprint density at radius 2 is 1.74 bits per heavy atom. The van der Waals surface area contributed by atoms with E-state index in [0.717, 1.165) is 13.6 Å². The van der Waals surface area contributed by atoms with Crippen LogP contribution in [0.4, 0.5) is 8.78 Å². The van der Waals surface area contributed by atoms with Gasteiger partial charge >= 0.3 is 0 Å². The topological polar surface area (TPSA) is 0 Å². The van der Waals surface area contributed by atoms with Gasteiger partial charge in [-0.15, -0.1) is 0 Å². The summed E-state index contributed by atoms with van der Waals surface area (Å²) >= 11 is 9.14. The Labute approximate surface area is 141 Å². The number of rotatable bonds is 3. The molecule has 0 saturated carbocycles. The first-order valence-electron chi connectivity index (χ1n) is 5.51. The van der Waals surface area contributed by atoms with Crippen LogP contribution in [0.3, 0.4) is 0 Å². The lowest BCUT2D eigenvalue weighted by molar-refractivity contribution is 0.554. The predicted octanol–water partition coefficient (Wildman–Crippen LogP) is 6.01. The quantitative estimate of drug-likeness (QED) is 0.357. The molecule has 0 saturated heterocycles. The third-order valence-electron chi connectivity index (χ3n) is 2.74. The average molecular weight is 502 g/mol. The molecule has 2 aromatic rings. The van der Waals surface area contributed by atoms with E-state index in [1.165, 1.54) is 18.2 Å². The zero-order valence-corrected chi connectivity index (χ0v) is 15.0. The van der Waals surface area contributed by atoms with Crippen molar-refractivity contribution in [2.45, 2.75) is 11.2 Å². The molecule has 1 atom stereocenters. The maximum Gasteiger partial charge on any atom is 0.129 e. The molecule has 0 heterocycles. The average Bonchev–Trinajstić information content (AvgIpc) is 2.37. The SMILES string of the molecule is Fc1cccc(F)c1CC(Br)c1cc(Br)ccc1I. The molecule has 1 unspecified atom stereocenters. The van der Waals surface area contributed by atoms with Gasteiger partial charge in [0.2, 0.25) is 0 Å². The van der Waals surface area contributed by atoms with Gasteiger partial charge in [0, 0.05) is 18.4 Å². The van der Waals surface area contributed by atoms with E-state index in [1.54, 1.807) is 0 Å². The summed E-state index contributed by atoms with van der Waals surface area (Å²) < 4.78 is 29.3. The first-order valence-corrected chi connectivity index (χ1v) is 8.29. The predicted molar refractivity (Wildman–Crippen MR) is 88.6 cm³/mol. The van der Waals surface area contributed by atoms with Gasteiger partial charge < -0.3 is 0 Å². The van der Waals surface area contributed by atoms with Crippen molar-refractivity contribution in [3.63, 3.8) is 0 Å². The van der Waals surface area contributed by atoms with Crippen LogP contribution in [0.15, 0.2) is 40.9 Å². The summed E-state index contributed by atoms with van der Waals surface area (Å²) in [6, 6.07) is 9.80. The molecule has 0 aliphatic rings. The van der Waals surface area contributed by atoms with Crippen LogP contribution in [0.2, 0.25) is 0 Å². The summed E-state index contributed by atoms with van der Waals surface area (Å²) in [7, 11) is 0. The molecule has 0 bridgehead atoms. The summed E-state index contributed by atoms with van der Waals surface area (Å²) in [4.78, 5) is -0.136.